The Morgan fingerprint density at radius 2 is 1.96 bits per heavy atom. The highest BCUT2D eigenvalue weighted by molar-refractivity contribution is 6.32. The summed E-state index contributed by atoms with van der Waals surface area (Å²) >= 11 is 6.16. The van der Waals surface area contributed by atoms with Crippen LogP contribution in [0.1, 0.15) is 47.8 Å². The zero-order valence-corrected chi connectivity index (χ0v) is 14.5. The average molecular weight is 332 g/mol. The van der Waals surface area contributed by atoms with Crippen LogP contribution < -0.4 is 10.1 Å². The number of hydrogen-bond donors (Lipinski definition) is 1. The molecule has 23 heavy (non-hydrogen) atoms. The van der Waals surface area contributed by atoms with E-state index in [4.69, 9.17) is 16.3 Å². The molecular formula is C19H22ClNO2. The summed E-state index contributed by atoms with van der Waals surface area (Å²) in [5, 5.41) is 3.53. The van der Waals surface area contributed by atoms with Crippen molar-refractivity contribution in [3.63, 3.8) is 0 Å². The number of benzene rings is 2. The van der Waals surface area contributed by atoms with E-state index in [0.29, 0.717) is 22.9 Å². The first-order valence-corrected chi connectivity index (χ1v) is 8.23. The lowest BCUT2D eigenvalue weighted by atomic mass is 9.99. The lowest BCUT2D eigenvalue weighted by Gasteiger charge is -2.19. The SMILES string of the molecule is CCOc1ccc(C(=O)N[C@H](CC)c2ccccc2C)cc1Cl. The molecule has 0 saturated heterocycles. The Hall–Kier alpha value is -2.00. The molecule has 0 aliphatic rings. The van der Waals surface area contributed by atoms with Gasteiger partial charge in [-0.15, -0.1) is 0 Å². The molecule has 2 aromatic carbocycles. The molecule has 0 bridgehead atoms. The average Bonchev–Trinajstić information content (AvgIpc) is 2.55. The lowest BCUT2D eigenvalue weighted by molar-refractivity contribution is 0.0935. The van der Waals surface area contributed by atoms with Crippen LogP contribution in [0.4, 0.5) is 0 Å². The van der Waals surface area contributed by atoms with Gasteiger partial charge in [0, 0.05) is 5.56 Å². The predicted octanol–water partition coefficient (Wildman–Crippen LogP) is 4.93. The molecule has 1 amide bonds. The maximum Gasteiger partial charge on any atom is 0.251 e. The molecule has 2 aromatic rings. The van der Waals surface area contributed by atoms with Crippen LogP contribution in [-0.4, -0.2) is 12.5 Å². The minimum absolute atomic E-state index is 0.0194. The second-order valence-corrected chi connectivity index (χ2v) is 5.78. The number of carbonyl (C=O) groups excluding carboxylic acids is 1. The Bertz CT molecular complexity index is 685. The third kappa shape index (κ3) is 4.26. The van der Waals surface area contributed by atoms with Crippen LogP contribution in [0.5, 0.6) is 5.75 Å². The highest BCUT2D eigenvalue weighted by Gasteiger charge is 2.16. The second kappa shape index (κ2) is 8.02. The number of nitrogens with one attached hydrogen (secondary N) is 1. The molecule has 122 valence electrons. The van der Waals surface area contributed by atoms with Gasteiger partial charge in [-0.05, 0) is 49.6 Å². The van der Waals surface area contributed by atoms with Gasteiger partial charge in [-0.2, -0.15) is 0 Å². The fourth-order valence-corrected chi connectivity index (χ4v) is 2.77. The van der Waals surface area contributed by atoms with Crippen molar-refractivity contribution in [2.45, 2.75) is 33.2 Å². The van der Waals surface area contributed by atoms with E-state index in [1.54, 1.807) is 18.2 Å². The summed E-state index contributed by atoms with van der Waals surface area (Å²) in [7, 11) is 0. The Labute approximate surface area is 142 Å². The van der Waals surface area contributed by atoms with E-state index >= 15 is 0 Å². The van der Waals surface area contributed by atoms with Gasteiger partial charge in [-0.3, -0.25) is 4.79 Å². The van der Waals surface area contributed by atoms with E-state index in [2.05, 4.69) is 31.3 Å². The van der Waals surface area contributed by atoms with Crippen molar-refractivity contribution in [3.05, 3.63) is 64.2 Å². The topological polar surface area (TPSA) is 38.3 Å². The van der Waals surface area contributed by atoms with Crippen LogP contribution in [-0.2, 0) is 0 Å². The van der Waals surface area contributed by atoms with E-state index in [0.717, 1.165) is 12.0 Å². The summed E-state index contributed by atoms with van der Waals surface area (Å²) < 4.78 is 5.40. The lowest BCUT2D eigenvalue weighted by Crippen LogP contribution is -2.28. The zero-order valence-electron chi connectivity index (χ0n) is 13.7. The fourth-order valence-electron chi connectivity index (χ4n) is 2.53. The van der Waals surface area contributed by atoms with E-state index < -0.39 is 0 Å². The molecule has 0 aromatic heterocycles. The van der Waals surface area contributed by atoms with E-state index in [9.17, 15) is 4.79 Å². The minimum atomic E-state index is -0.134. The number of carbonyl (C=O) groups is 1. The Morgan fingerprint density at radius 3 is 2.57 bits per heavy atom. The largest absolute Gasteiger partial charge is 0.492 e. The molecule has 4 heteroatoms. The van der Waals surface area contributed by atoms with Gasteiger partial charge in [0.25, 0.3) is 5.91 Å². The Morgan fingerprint density at radius 1 is 1.22 bits per heavy atom. The second-order valence-electron chi connectivity index (χ2n) is 5.37. The summed E-state index contributed by atoms with van der Waals surface area (Å²) in [6.45, 7) is 6.54. The van der Waals surface area contributed by atoms with Crippen molar-refractivity contribution < 1.29 is 9.53 Å². The summed E-state index contributed by atoms with van der Waals surface area (Å²) in [6.07, 6.45) is 0.821. The molecule has 3 nitrogen and oxygen atoms in total. The van der Waals surface area contributed by atoms with Crippen molar-refractivity contribution in [2.75, 3.05) is 6.61 Å². The zero-order chi connectivity index (χ0) is 16.8. The maximum atomic E-state index is 12.5. The van der Waals surface area contributed by atoms with Gasteiger partial charge >= 0.3 is 0 Å². The molecule has 0 aliphatic heterocycles. The fraction of sp³-hybridized carbons (Fsp3) is 0.316. The first kappa shape index (κ1) is 17.4. The van der Waals surface area contributed by atoms with Gasteiger partial charge in [0.05, 0.1) is 17.7 Å². The molecule has 0 heterocycles. The highest BCUT2D eigenvalue weighted by atomic mass is 35.5. The summed E-state index contributed by atoms with van der Waals surface area (Å²) in [5.41, 5.74) is 2.84. The van der Waals surface area contributed by atoms with Gasteiger partial charge in [-0.25, -0.2) is 0 Å². The standard InChI is InChI=1S/C19H22ClNO2/c1-4-17(15-9-7-6-8-13(15)3)21-19(22)14-10-11-18(23-5-2)16(20)12-14/h6-12,17H,4-5H2,1-3H3,(H,21,22)/t17-/m1/s1. The predicted molar refractivity (Wildman–Crippen MR) is 94.3 cm³/mol. The summed E-state index contributed by atoms with van der Waals surface area (Å²) in [6, 6.07) is 13.2. The Balaban J connectivity index is 2.17. The number of ether oxygens (including phenoxy) is 1. The first-order chi connectivity index (χ1) is 11.1. The smallest absolute Gasteiger partial charge is 0.251 e. The van der Waals surface area contributed by atoms with Gasteiger partial charge in [-0.1, -0.05) is 42.8 Å². The number of aryl methyl sites for hydroxylation is 1. The number of hydrogen-bond acceptors (Lipinski definition) is 2. The number of halogens is 1. The maximum absolute atomic E-state index is 12.5. The van der Waals surface area contributed by atoms with Gasteiger partial charge < -0.3 is 10.1 Å². The van der Waals surface area contributed by atoms with Crippen molar-refractivity contribution in [1.29, 1.82) is 0 Å². The monoisotopic (exact) mass is 331 g/mol. The van der Waals surface area contributed by atoms with E-state index in [1.807, 2.05) is 19.1 Å². The van der Waals surface area contributed by atoms with Crippen LogP contribution in [0.25, 0.3) is 0 Å². The molecule has 0 radical (unpaired) electrons. The van der Waals surface area contributed by atoms with Crippen LogP contribution in [0, 0.1) is 6.92 Å². The third-order valence-corrected chi connectivity index (χ3v) is 4.07. The van der Waals surface area contributed by atoms with Gasteiger partial charge in [0.1, 0.15) is 5.75 Å². The summed E-state index contributed by atoms with van der Waals surface area (Å²) in [4.78, 5) is 12.5. The third-order valence-electron chi connectivity index (χ3n) is 3.77. The van der Waals surface area contributed by atoms with Gasteiger partial charge in [0.15, 0.2) is 0 Å². The van der Waals surface area contributed by atoms with Crippen molar-refractivity contribution in [2.24, 2.45) is 0 Å². The molecule has 2 rings (SSSR count). The first-order valence-electron chi connectivity index (χ1n) is 7.85. The van der Waals surface area contributed by atoms with Crippen LogP contribution >= 0.6 is 11.6 Å². The number of rotatable bonds is 6. The molecule has 0 unspecified atom stereocenters. The molecule has 0 fully saturated rings. The molecular weight excluding hydrogens is 310 g/mol. The van der Waals surface area contributed by atoms with Crippen LogP contribution in [0.3, 0.4) is 0 Å². The van der Waals surface area contributed by atoms with E-state index in [1.165, 1.54) is 5.56 Å². The van der Waals surface area contributed by atoms with Gasteiger partial charge in [0.2, 0.25) is 0 Å². The van der Waals surface area contributed by atoms with Crippen LogP contribution in [0.2, 0.25) is 5.02 Å². The minimum Gasteiger partial charge on any atom is -0.492 e. The quantitative estimate of drug-likeness (QED) is 0.815. The Kier molecular flexibility index (Phi) is 6.05. The van der Waals surface area contributed by atoms with Crippen molar-refractivity contribution in [3.8, 4) is 5.75 Å². The van der Waals surface area contributed by atoms with E-state index in [-0.39, 0.29) is 11.9 Å². The molecule has 0 spiro atoms. The molecule has 1 atom stereocenters. The molecule has 0 aliphatic carbocycles. The molecule has 0 saturated carbocycles. The summed E-state index contributed by atoms with van der Waals surface area (Å²) in [5.74, 6) is 0.460. The normalized spacial score (nSPS) is 11.8. The number of amides is 1. The van der Waals surface area contributed by atoms with Crippen LogP contribution in [0.15, 0.2) is 42.5 Å². The van der Waals surface area contributed by atoms with Crippen molar-refractivity contribution in [1.82, 2.24) is 5.32 Å². The molecule has 1 N–H and O–H groups in total. The van der Waals surface area contributed by atoms with Crippen molar-refractivity contribution >= 4 is 17.5 Å². The highest BCUT2D eigenvalue weighted by Crippen LogP contribution is 2.26.